The van der Waals surface area contributed by atoms with Crippen molar-refractivity contribution in [2.24, 2.45) is 0 Å². The molecule has 0 bridgehead atoms. The molecule has 10 heteroatoms. The molecular formula is C33H29FN4O4S. The van der Waals surface area contributed by atoms with Crippen LogP contribution in [0.1, 0.15) is 24.0 Å². The minimum absolute atomic E-state index is 0.0396. The largest absolute Gasteiger partial charge is 0.440 e. The zero-order chi connectivity index (χ0) is 29.7. The Bertz CT molecular complexity index is 2070. The molecule has 3 aromatic heterocycles. The van der Waals surface area contributed by atoms with Gasteiger partial charge in [0.1, 0.15) is 5.52 Å². The monoisotopic (exact) mass is 596 g/mol. The number of aromatic nitrogens is 3. The first-order chi connectivity index (χ1) is 20.8. The van der Waals surface area contributed by atoms with E-state index >= 15 is 0 Å². The number of halogens is 1. The molecule has 1 aliphatic heterocycles. The highest BCUT2D eigenvalue weighted by molar-refractivity contribution is 7.90. The molecule has 43 heavy (non-hydrogen) atoms. The lowest BCUT2D eigenvalue weighted by molar-refractivity contribution is 0.0668. The molecule has 0 spiro atoms. The Hall–Kier alpha value is -4.38. The van der Waals surface area contributed by atoms with Gasteiger partial charge in [0.2, 0.25) is 0 Å². The van der Waals surface area contributed by atoms with Gasteiger partial charge in [0.05, 0.1) is 11.0 Å². The predicted octanol–water partition coefficient (Wildman–Crippen LogP) is 6.15. The fourth-order valence-corrected chi connectivity index (χ4v) is 7.12. The van der Waals surface area contributed by atoms with E-state index in [9.17, 15) is 17.9 Å². The van der Waals surface area contributed by atoms with Crippen LogP contribution in [-0.2, 0) is 16.6 Å². The molecule has 1 fully saturated rings. The summed E-state index contributed by atoms with van der Waals surface area (Å²) >= 11 is 0. The summed E-state index contributed by atoms with van der Waals surface area (Å²) in [5.74, 6) is -0.590. The lowest BCUT2D eigenvalue weighted by Crippen LogP contribution is -2.37. The number of rotatable bonds is 6. The average molecular weight is 597 g/mol. The molecule has 3 aromatic carbocycles. The number of pyridine rings is 1. The Labute approximate surface area is 248 Å². The molecule has 1 unspecified atom stereocenters. The van der Waals surface area contributed by atoms with Gasteiger partial charge in [-0.25, -0.2) is 26.7 Å². The maximum atomic E-state index is 15.0. The molecule has 4 heterocycles. The molecule has 0 radical (unpaired) electrons. The van der Waals surface area contributed by atoms with E-state index in [4.69, 9.17) is 4.42 Å². The fraction of sp³-hybridized carbons (Fsp3) is 0.212. The quantitative estimate of drug-likeness (QED) is 0.246. The van der Waals surface area contributed by atoms with Gasteiger partial charge in [-0.2, -0.15) is 0 Å². The fourth-order valence-electron chi connectivity index (χ4n) is 5.79. The van der Waals surface area contributed by atoms with Crippen molar-refractivity contribution in [3.63, 3.8) is 0 Å². The van der Waals surface area contributed by atoms with Gasteiger partial charge in [0.25, 0.3) is 10.0 Å². The third-order valence-electron chi connectivity index (χ3n) is 8.06. The second-order valence-corrected chi connectivity index (χ2v) is 13.0. The smallest absolute Gasteiger partial charge is 0.269 e. The van der Waals surface area contributed by atoms with E-state index in [0.717, 1.165) is 52.2 Å². The van der Waals surface area contributed by atoms with Crippen LogP contribution in [0.15, 0.2) is 94.8 Å². The molecule has 0 aliphatic carbocycles. The second-order valence-electron chi connectivity index (χ2n) is 11.1. The highest BCUT2D eigenvalue weighted by Gasteiger charge is 2.24. The standard InChI is InChI=1S/C33H29FN4O4S/c1-21-4-10-27(11-5-21)43(40,41)38-19-29(24-14-30(34)32-31(15-24)36-20-42-32)28-13-25(16-35-33(28)38)23-8-6-22(7-9-23)17-37-12-2-3-26(39)18-37/h4-11,13-16,19-20,26,39H,2-3,12,17-18H2,1H3. The number of fused-ring (bicyclic) bond motifs is 2. The topological polar surface area (TPSA) is 101 Å². The number of aryl methyl sites for hydroxylation is 1. The van der Waals surface area contributed by atoms with Gasteiger partial charge in [-0.3, -0.25) is 4.90 Å². The third kappa shape index (κ3) is 5.11. The molecule has 1 N–H and O–H groups in total. The Kier molecular flexibility index (Phi) is 6.84. The number of hydrogen-bond donors (Lipinski definition) is 1. The molecule has 0 amide bonds. The van der Waals surface area contributed by atoms with Crippen molar-refractivity contribution in [3.8, 4) is 22.3 Å². The van der Waals surface area contributed by atoms with Crippen molar-refractivity contribution >= 4 is 32.2 Å². The van der Waals surface area contributed by atoms with Crippen LogP contribution in [0.4, 0.5) is 4.39 Å². The molecule has 218 valence electrons. The Morgan fingerprint density at radius 1 is 1.00 bits per heavy atom. The van der Waals surface area contributed by atoms with Crippen molar-refractivity contribution in [1.29, 1.82) is 0 Å². The van der Waals surface area contributed by atoms with Crippen LogP contribution < -0.4 is 0 Å². The van der Waals surface area contributed by atoms with E-state index in [0.29, 0.717) is 28.6 Å². The van der Waals surface area contributed by atoms with Gasteiger partial charge >= 0.3 is 0 Å². The maximum Gasteiger partial charge on any atom is 0.269 e. The number of piperidine rings is 1. The molecular weight excluding hydrogens is 567 g/mol. The summed E-state index contributed by atoms with van der Waals surface area (Å²) < 4.78 is 49.0. The zero-order valence-electron chi connectivity index (χ0n) is 23.4. The van der Waals surface area contributed by atoms with Crippen LogP contribution in [0.3, 0.4) is 0 Å². The third-order valence-corrected chi connectivity index (χ3v) is 9.73. The number of hydrogen-bond acceptors (Lipinski definition) is 7. The van der Waals surface area contributed by atoms with Crippen LogP contribution >= 0.6 is 0 Å². The van der Waals surface area contributed by atoms with Crippen LogP contribution in [0, 0.1) is 12.7 Å². The summed E-state index contributed by atoms with van der Waals surface area (Å²) in [4.78, 5) is 11.1. The highest BCUT2D eigenvalue weighted by atomic mass is 32.2. The first kappa shape index (κ1) is 27.5. The first-order valence-corrected chi connectivity index (χ1v) is 15.6. The van der Waals surface area contributed by atoms with Crippen molar-refractivity contribution in [1.82, 2.24) is 18.8 Å². The lowest BCUT2D eigenvalue weighted by atomic mass is 10.0. The van der Waals surface area contributed by atoms with E-state index in [-0.39, 0.29) is 22.2 Å². The minimum atomic E-state index is -4.01. The van der Waals surface area contributed by atoms with Crippen molar-refractivity contribution in [2.75, 3.05) is 13.1 Å². The number of likely N-dealkylation sites (tertiary alicyclic amines) is 1. The molecule has 8 nitrogen and oxygen atoms in total. The first-order valence-electron chi connectivity index (χ1n) is 14.1. The summed E-state index contributed by atoms with van der Waals surface area (Å²) in [5, 5.41) is 10.6. The summed E-state index contributed by atoms with van der Waals surface area (Å²) in [5.41, 5.74) is 5.35. The van der Waals surface area contributed by atoms with Crippen LogP contribution in [-0.4, -0.2) is 51.6 Å². The highest BCUT2D eigenvalue weighted by Crippen LogP contribution is 2.36. The molecule has 1 saturated heterocycles. The van der Waals surface area contributed by atoms with Crippen molar-refractivity contribution < 1.29 is 22.3 Å². The van der Waals surface area contributed by atoms with Gasteiger partial charge in [0.15, 0.2) is 23.4 Å². The summed E-state index contributed by atoms with van der Waals surface area (Å²) in [6.45, 7) is 4.29. The lowest BCUT2D eigenvalue weighted by Gasteiger charge is -2.29. The normalized spacial score (nSPS) is 16.3. The molecule has 1 atom stereocenters. The van der Waals surface area contributed by atoms with Gasteiger partial charge in [0, 0.05) is 42.0 Å². The number of aliphatic hydroxyl groups is 1. The van der Waals surface area contributed by atoms with Crippen LogP contribution in [0.5, 0.6) is 0 Å². The van der Waals surface area contributed by atoms with Gasteiger partial charge < -0.3 is 9.52 Å². The Morgan fingerprint density at radius 3 is 2.56 bits per heavy atom. The summed E-state index contributed by atoms with van der Waals surface area (Å²) in [6, 6.07) is 19.7. The van der Waals surface area contributed by atoms with E-state index in [1.54, 1.807) is 36.5 Å². The van der Waals surface area contributed by atoms with E-state index in [1.807, 2.05) is 25.1 Å². The van der Waals surface area contributed by atoms with Crippen LogP contribution in [0.2, 0.25) is 0 Å². The summed E-state index contributed by atoms with van der Waals surface area (Å²) in [7, 11) is -4.01. The number of nitrogens with zero attached hydrogens (tertiary/aromatic N) is 4. The number of benzene rings is 3. The van der Waals surface area contributed by atoms with E-state index in [2.05, 4.69) is 27.0 Å². The molecule has 1 aliphatic rings. The minimum Gasteiger partial charge on any atom is -0.440 e. The van der Waals surface area contributed by atoms with Crippen molar-refractivity contribution in [2.45, 2.75) is 37.3 Å². The SMILES string of the molecule is Cc1ccc(S(=O)(=O)n2cc(-c3cc(F)c4ocnc4c3)c3cc(-c4ccc(CN5CCCC(O)C5)cc4)cnc32)cc1. The molecule has 6 aromatic rings. The van der Waals surface area contributed by atoms with Crippen molar-refractivity contribution in [3.05, 3.63) is 102 Å². The van der Waals surface area contributed by atoms with E-state index < -0.39 is 15.8 Å². The van der Waals surface area contributed by atoms with Gasteiger partial charge in [-0.15, -0.1) is 0 Å². The molecule has 0 saturated carbocycles. The van der Waals surface area contributed by atoms with Gasteiger partial charge in [-0.1, -0.05) is 42.0 Å². The number of β-amino-alcohol motifs (C(OH)–C–C–N with tert-alkyl or cyclic N) is 1. The maximum absolute atomic E-state index is 15.0. The number of aliphatic hydroxyl groups excluding tert-OH is 1. The second kappa shape index (κ2) is 10.7. The number of oxazole rings is 1. The predicted molar refractivity (Wildman–Crippen MR) is 162 cm³/mol. The Morgan fingerprint density at radius 2 is 1.79 bits per heavy atom. The van der Waals surface area contributed by atoms with E-state index in [1.165, 1.54) is 18.7 Å². The average Bonchev–Trinajstić information content (AvgIpc) is 3.63. The van der Waals surface area contributed by atoms with Gasteiger partial charge in [-0.05, 0) is 73.3 Å². The summed E-state index contributed by atoms with van der Waals surface area (Å²) in [6.07, 6.45) is 5.89. The Balaban J connectivity index is 1.33. The zero-order valence-corrected chi connectivity index (χ0v) is 24.3. The van der Waals surface area contributed by atoms with Crippen LogP contribution in [0.25, 0.3) is 44.4 Å². The molecule has 7 rings (SSSR count).